The molecule has 1 aromatic heterocycles. The molecule has 1 fully saturated rings. The summed E-state index contributed by atoms with van der Waals surface area (Å²) in [6.45, 7) is 4.19. The van der Waals surface area contributed by atoms with E-state index < -0.39 is 0 Å². The zero-order valence-electron chi connectivity index (χ0n) is 11.1. The molecule has 1 saturated carbocycles. The van der Waals surface area contributed by atoms with Crippen molar-refractivity contribution < 1.29 is 9.90 Å². The number of aliphatic hydroxyl groups is 1. The lowest BCUT2D eigenvalue weighted by Crippen LogP contribution is -2.36. The molecule has 1 heterocycles. The van der Waals surface area contributed by atoms with Gasteiger partial charge in [0.2, 0.25) is 0 Å². The van der Waals surface area contributed by atoms with Crippen molar-refractivity contribution in [2.45, 2.75) is 38.6 Å². The van der Waals surface area contributed by atoms with Gasteiger partial charge in [0, 0.05) is 18.5 Å². The maximum absolute atomic E-state index is 12.5. The average molecular weight is 284 g/mol. The van der Waals surface area contributed by atoms with Crippen molar-refractivity contribution in [2.24, 2.45) is 0 Å². The third kappa shape index (κ3) is 3.22. The second-order valence-electron chi connectivity index (χ2n) is 5.03. The summed E-state index contributed by atoms with van der Waals surface area (Å²) < 4.78 is 0. The van der Waals surface area contributed by atoms with Gasteiger partial charge in [0.1, 0.15) is 5.82 Å². The van der Waals surface area contributed by atoms with Gasteiger partial charge in [-0.3, -0.25) is 4.79 Å². The van der Waals surface area contributed by atoms with Gasteiger partial charge < -0.3 is 10.0 Å². The highest BCUT2D eigenvalue weighted by Crippen LogP contribution is 2.29. The van der Waals surface area contributed by atoms with Crippen molar-refractivity contribution in [3.05, 3.63) is 22.7 Å². The van der Waals surface area contributed by atoms with Crippen molar-refractivity contribution >= 4 is 17.5 Å². The van der Waals surface area contributed by atoms with Gasteiger partial charge in [0.05, 0.1) is 17.8 Å². The summed E-state index contributed by atoms with van der Waals surface area (Å²) in [6, 6.07) is 0.216. The van der Waals surface area contributed by atoms with Crippen molar-refractivity contribution in [1.29, 1.82) is 0 Å². The topological polar surface area (TPSA) is 66.3 Å². The normalized spacial score (nSPS) is 14.8. The fourth-order valence-electron chi connectivity index (χ4n) is 1.89. The molecule has 0 atom stereocenters. The summed E-state index contributed by atoms with van der Waals surface area (Å²) in [5.41, 5.74) is 0.237. The van der Waals surface area contributed by atoms with Crippen molar-refractivity contribution in [2.75, 3.05) is 13.2 Å². The summed E-state index contributed by atoms with van der Waals surface area (Å²) >= 11 is 6.03. The fraction of sp³-hybridized carbons (Fsp3) is 0.615. The predicted molar refractivity (Wildman–Crippen MR) is 72.3 cm³/mol. The molecule has 1 N–H and O–H groups in total. The molecule has 0 bridgehead atoms. The molecule has 1 aliphatic rings. The summed E-state index contributed by atoms with van der Waals surface area (Å²) in [6.07, 6.45) is 3.43. The van der Waals surface area contributed by atoms with Crippen LogP contribution in [0.4, 0.5) is 0 Å². The molecule has 1 amide bonds. The molecule has 1 aliphatic carbocycles. The smallest absolute Gasteiger partial charge is 0.274 e. The first-order valence-electron chi connectivity index (χ1n) is 6.48. The molecule has 0 aromatic carbocycles. The molecule has 1 aromatic rings. The molecule has 2 rings (SSSR count). The second kappa shape index (κ2) is 5.84. The predicted octanol–water partition coefficient (Wildman–Crippen LogP) is 1.85. The maximum Gasteiger partial charge on any atom is 0.274 e. The van der Waals surface area contributed by atoms with Crippen LogP contribution >= 0.6 is 11.6 Å². The first-order chi connectivity index (χ1) is 9.04. The molecule has 0 aliphatic heterocycles. The second-order valence-corrected chi connectivity index (χ2v) is 5.44. The molecule has 0 saturated heterocycles. The summed E-state index contributed by atoms with van der Waals surface area (Å²) in [7, 11) is 0. The largest absolute Gasteiger partial charge is 0.395 e. The van der Waals surface area contributed by atoms with Gasteiger partial charge in [-0.25, -0.2) is 9.97 Å². The van der Waals surface area contributed by atoms with Gasteiger partial charge in [0.15, 0.2) is 5.69 Å². The van der Waals surface area contributed by atoms with E-state index in [4.69, 9.17) is 16.7 Å². The number of nitrogens with zero attached hydrogens (tertiary/aromatic N) is 3. The molecule has 0 unspecified atom stereocenters. The van der Waals surface area contributed by atoms with E-state index in [9.17, 15) is 4.79 Å². The third-order valence-electron chi connectivity index (χ3n) is 3.07. The van der Waals surface area contributed by atoms with E-state index >= 15 is 0 Å². The number of halogens is 1. The van der Waals surface area contributed by atoms with Crippen LogP contribution in [0.5, 0.6) is 0 Å². The molecule has 0 radical (unpaired) electrons. The van der Waals surface area contributed by atoms with Crippen LogP contribution in [0, 0.1) is 0 Å². The zero-order valence-corrected chi connectivity index (χ0v) is 11.9. The Morgan fingerprint density at radius 1 is 1.58 bits per heavy atom. The molecule has 19 heavy (non-hydrogen) atoms. The first kappa shape index (κ1) is 14.2. The molecule has 5 nitrogen and oxygen atoms in total. The minimum atomic E-state index is -0.217. The Hall–Kier alpha value is -1.20. The SMILES string of the molecule is CC(C)c1ncc(Cl)c(C(=O)N(CCO)C2CC2)n1. The third-order valence-corrected chi connectivity index (χ3v) is 3.35. The van der Waals surface area contributed by atoms with Gasteiger partial charge in [-0.15, -0.1) is 0 Å². The molecule has 0 spiro atoms. The highest BCUT2D eigenvalue weighted by Gasteiger charge is 2.34. The highest BCUT2D eigenvalue weighted by atomic mass is 35.5. The first-order valence-corrected chi connectivity index (χ1v) is 6.86. The van der Waals surface area contributed by atoms with E-state index in [1.54, 1.807) is 4.90 Å². The Labute approximate surface area is 117 Å². The van der Waals surface area contributed by atoms with E-state index in [-0.39, 0.29) is 35.2 Å². The van der Waals surface area contributed by atoms with E-state index in [1.807, 2.05) is 13.8 Å². The fourth-order valence-corrected chi connectivity index (χ4v) is 2.06. The number of carbonyl (C=O) groups excluding carboxylic acids is 1. The summed E-state index contributed by atoms with van der Waals surface area (Å²) in [4.78, 5) is 22.5. The van der Waals surface area contributed by atoms with Gasteiger partial charge in [-0.1, -0.05) is 25.4 Å². The number of hydrogen-bond donors (Lipinski definition) is 1. The van der Waals surface area contributed by atoms with Crippen LogP contribution in [0.25, 0.3) is 0 Å². The van der Waals surface area contributed by atoms with E-state index in [1.165, 1.54) is 6.20 Å². The Morgan fingerprint density at radius 3 is 2.79 bits per heavy atom. The molecular formula is C13H18ClN3O2. The van der Waals surface area contributed by atoms with Crippen LogP contribution in [0.3, 0.4) is 0 Å². The van der Waals surface area contributed by atoms with Crippen LogP contribution in [-0.4, -0.2) is 45.1 Å². The van der Waals surface area contributed by atoms with Crippen LogP contribution in [-0.2, 0) is 0 Å². The Balaban J connectivity index is 2.28. The van der Waals surface area contributed by atoms with Crippen LogP contribution < -0.4 is 0 Å². The Morgan fingerprint density at radius 2 is 2.26 bits per heavy atom. The van der Waals surface area contributed by atoms with Crippen molar-refractivity contribution in [1.82, 2.24) is 14.9 Å². The Kier molecular flexibility index (Phi) is 4.37. The van der Waals surface area contributed by atoms with E-state index in [0.29, 0.717) is 12.4 Å². The average Bonchev–Trinajstić information content (AvgIpc) is 3.19. The lowest BCUT2D eigenvalue weighted by atomic mass is 10.2. The number of amides is 1. The van der Waals surface area contributed by atoms with Gasteiger partial charge >= 0.3 is 0 Å². The highest BCUT2D eigenvalue weighted by molar-refractivity contribution is 6.33. The minimum absolute atomic E-state index is 0.0536. The minimum Gasteiger partial charge on any atom is -0.395 e. The number of aliphatic hydroxyl groups excluding tert-OH is 1. The Bertz CT molecular complexity index is 475. The lowest BCUT2D eigenvalue weighted by Gasteiger charge is -2.21. The number of rotatable bonds is 5. The zero-order chi connectivity index (χ0) is 14.0. The number of aromatic nitrogens is 2. The monoisotopic (exact) mass is 283 g/mol. The summed E-state index contributed by atoms with van der Waals surface area (Å²) in [5.74, 6) is 0.523. The van der Waals surface area contributed by atoms with Crippen molar-refractivity contribution in [3.8, 4) is 0 Å². The van der Waals surface area contributed by atoms with Crippen LogP contribution in [0.1, 0.15) is 48.9 Å². The van der Waals surface area contributed by atoms with Crippen molar-refractivity contribution in [3.63, 3.8) is 0 Å². The molecule has 104 valence electrons. The van der Waals surface area contributed by atoms with Crippen LogP contribution in [0.2, 0.25) is 5.02 Å². The molecular weight excluding hydrogens is 266 g/mol. The van der Waals surface area contributed by atoms with Crippen LogP contribution in [0.15, 0.2) is 6.20 Å². The standard InChI is InChI=1S/C13H18ClN3O2/c1-8(2)12-15-7-10(14)11(16-12)13(19)17(5-6-18)9-3-4-9/h7-9,18H,3-6H2,1-2H3. The maximum atomic E-state index is 12.5. The summed E-state index contributed by atoms with van der Waals surface area (Å²) in [5, 5.41) is 9.32. The number of carbonyl (C=O) groups is 1. The van der Waals surface area contributed by atoms with Gasteiger partial charge in [-0.2, -0.15) is 0 Å². The van der Waals surface area contributed by atoms with E-state index in [2.05, 4.69) is 9.97 Å². The number of hydrogen-bond acceptors (Lipinski definition) is 4. The lowest BCUT2D eigenvalue weighted by molar-refractivity contribution is 0.0701. The van der Waals surface area contributed by atoms with Gasteiger partial charge in [-0.05, 0) is 12.8 Å². The van der Waals surface area contributed by atoms with E-state index in [0.717, 1.165) is 12.8 Å². The molecule has 6 heteroatoms. The van der Waals surface area contributed by atoms with Gasteiger partial charge in [0.25, 0.3) is 5.91 Å². The quantitative estimate of drug-likeness (QED) is 0.895.